The monoisotopic (exact) mass is 338 g/mol. The van der Waals surface area contributed by atoms with Gasteiger partial charge >= 0.3 is 0 Å². The lowest BCUT2D eigenvalue weighted by Gasteiger charge is -2.32. The van der Waals surface area contributed by atoms with E-state index in [1.165, 1.54) is 0 Å². The molecule has 0 saturated carbocycles. The van der Waals surface area contributed by atoms with Gasteiger partial charge in [-0.05, 0) is 50.3 Å². The summed E-state index contributed by atoms with van der Waals surface area (Å²) in [7, 11) is -3.51. The van der Waals surface area contributed by atoms with E-state index in [0.717, 1.165) is 17.5 Å². The number of benzene rings is 1. The molecule has 0 radical (unpaired) electrons. The molecule has 0 aliphatic carbocycles. The van der Waals surface area contributed by atoms with Crippen LogP contribution in [0.3, 0.4) is 0 Å². The van der Waals surface area contributed by atoms with Crippen LogP contribution in [-0.4, -0.2) is 38.4 Å². The van der Waals surface area contributed by atoms with Crippen molar-refractivity contribution in [3.05, 3.63) is 29.3 Å². The molecule has 1 heterocycles. The Morgan fingerprint density at radius 2 is 1.91 bits per heavy atom. The first-order valence-corrected chi connectivity index (χ1v) is 9.69. The van der Waals surface area contributed by atoms with Gasteiger partial charge in [0.25, 0.3) is 0 Å². The fourth-order valence-corrected chi connectivity index (χ4v) is 4.53. The van der Waals surface area contributed by atoms with Crippen LogP contribution in [0.25, 0.3) is 0 Å². The number of carbonyl (C=O) groups is 1. The van der Waals surface area contributed by atoms with E-state index in [1.807, 2.05) is 30.9 Å². The molecular formula is C17H26N2O3S. The molecule has 1 aliphatic heterocycles. The third kappa shape index (κ3) is 4.54. The predicted octanol–water partition coefficient (Wildman–Crippen LogP) is 2.37. The number of likely N-dealkylation sites (tertiary alicyclic amines) is 1. The lowest BCUT2D eigenvalue weighted by molar-refractivity contribution is -0.132. The Morgan fingerprint density at radius 1 is 1.26 bits per heavy atom. The summed E-state index contributed by atoms with van der Waals surface area (Å²) in [4.78, 5) is 14.1. The van der Waals surface area contributed by atoms with E-state index in [2.05, 4.69) is 4.72 Å². The van der Waals surface area contributed by atoms with E-state index in [9.17, 15) is 13.2 Å². The summed E-state index contributed by atoms with van der Waals surface area (Å²) in [6.07, 6.45) is 2.75. The first kappa shape index (κ1) is 17.9. The van der Waals surface area contributed by atoms with Crippen LogP contribution in [-0.2, 0) is 14.8 Å². The average Bonchev–Trinajstić information content (AvgIpc) is 2.50. The molecule has 0 aromatic heterocycles. The van der Waals surface area contributed by atoms with Gasteiger partial charge in [0.2, 0.25) is 15.9 Å². The zero-order valence-corrected chi connectivity index (χ0v) is 14.9. The Kier molecular flexibility index (Phi) is 5.81. The first-order valence-electron chi connectivity index (χ1n) is 8.21. The highest BCUT2D eigenvalue weighted by atomic mass is 32.2. The SMILES string of the molecule is CCCC(=O)N1CCC(NS(=O)(=O)c2cc(C)ccc2C)CC1. The fourth-order valence-electron chi connectivity index (χ4n) is 2.90. The van der Waals surface area contributed by atoms with Crippen LogP contribution in [0.5, 0.6) is 0 Å². The van der Waals surface area contributed by atoms with Gasteiger partial charge in [-0.15, -0.1) is 0 Å². The minimum Gasteiger partial charge on any atom is -0.343 e. The summed E-state index contributed by atoms with van der Waals surface area (Å²) in [5.74, 6) is 0.170. The van der Waals surface area contributed by atoms with Gasteiger partial charge in [0.15, 0.2) is 0 Å². The molecule has 0 bridgehead atoms. The molecule has 1 aromatic carbocycles. The summed E-state index contributed by atoms with van der Waals surface area (Å²) < 4.78 is 28.0. The maximum atomic E-state index is 12.6. The molecule has 0 atom stereocenters. The Bertz CT molecular complexity index is 662. The van der Waals surface area contributed by atoms with E-state index < -0.39 is 10.0 Å². The first-order chi connectivity index (χ1) is 10.8. The summed E-state index contributed by atoms with van der Waals surface area (Å²) in [6, 6.07) is 5.34. The largest absolute Gasteiger partial charge is 0.343 e. The normalized spacial score (nSPS) is 16.6. The molecular weight excluding hydrogens is 312 g/mol. The Labute approximate surface area is 139 Å². The van der Waals surface area contributed by atoms with Gasteiger partial charge in [0.05, 0.1) is 4.90 Å². The van der Waals surface area contributed by atoms with Crippen molar-refractivity contribution in [3.8, 4) is 0 Å². The molecule has 1 aromatic rings. The van der Waals surface area contributed by atoms with Crippen LogP contribution in [0.15, 0.2) is 23.1 Å². The van der Waals surface area contributed by atoms with E-state index in [0.29, 0.717) is 37.2 Å². The van der Waals surface area contributed by atoms with Crippen molar-refractivity contribution < 1.29 is 13.2 Å². The van der Waals surface area contributed by atoms with Gasteiger partial charge in [0.1, 0.15) is 0 Å². The maximum absolute atomic E-state index is 12.6. The third-order valence-corrected chi connectivity index (χ3v) is 5.93. The molecule has 1 fully saturated rings. The average molecular weight is 338 g/mol. The van der Waals surface area contributed by atoms with E-state index in [1.54, 1.807) is 13.0 Å². The number of hydrogen-bond donors (Lipinski definition) is 1. The number of hydrogen-bond acceptors (Lipinski definition) is 3. The Balaban J connectivity index is 2.00. The highest BCUT2D eigenvalue weighted by Crippen LogP contribution is 2.19. The molecule has 1 saturated heterocycles. The molecule has 23 heavy (non-hydrogen) atoms. The van der Waals surface area contributed by atoms with E-state index >= 15 is 0 Å². The number of sulfonamides is 1. The number of piperidine rings is 1. The van der Waals surface area contributed by atoms with Gasteiger partial charge in [-0.2, -0.15) is 0 Å². The summed E-state index contributed by atoms with van der Waals surface area (Å²) in [6.45, 7) is 6.93. The number of nitrogens with one attached hydrogen (secondary N) is 1. The second-order valence-electron chi connectivity index (χ2n) is 6.30. The van der Waals surface area contributed by atoms with Crippen LogP contribution < -0.4 is 4.72 Å². The lowest BCUT2D eigenvalue weighted by atomic mass is 10.1. The molecule has 5 nitrogen and oxygen atoms in total. The second kappa shape index (κ2) is 7.45. The Hall–Kier alpha value is -1.40. The molecule has 128 valence electrons. The fraction of sp³-hybridized carbons (Fsp3) is 0.588. The summed E-state index contributed by atoms with van der Waals surface area (Å²) in [5, 5.41) is 0. The van der Waals surface area contributed by atoms with E-state index in [4.69, 9.17) is 0 Å². The molecule has 1 aliphatic rings. The van der Waals surface area contributed by atoms with E-state index in [-0.39, 0.29) is 11.9 Å². The van der Waals surface area contributed by atoms with Crippen molar-refractivity contribution in [2.75, 3.05) is 13.1 Å². The van der Waals surface area contributed by atoms with Gasteiger partial charge in [-0.3, -0.25) is 4.79 Å². The molecule has 0 unspecified atom stereocenters. The lowest BCUT2D eigenvalue weighted by Crippen LogP contribution is -2.46. The molecule has 2 rings (SSSR count). The van der Waals surface area contributed by atoms with Crippen LogP contribution in [0.2, 0.25) is 0 Å². The smallest absolute Gasteiger partial charge is 0.241 e. The van der Waals surface area contributed by atoms with Crippen molar-refractivity contribution in [3.63, 3.8) is 0 Å². The maximum Gasteiger partial charge on any atom is 0.241 e. The summed E-state index contributed by atoms with van der Waals surface area (Å²) >= 11 is 0. The minimum atomic E-state index is -3.51. The van der Waals surface area contributed by atoms with Crippen LogP contribution >= 0.6 is 0 Å². The highest BCUT2D eigenvalue weighted by molar-refractivity contribution is 7.89. The highest BCUT2D eigenvalue weighted by Gasteiger charge is 2.27. The van der Waals surface area contributed by atoms with Crippen LogP contribution in [0, 0.1) is 13.8 Å². The minimum absolute atomic E-state index is 0.106. The summed E-state index contributed by atoms with van der Waals surface area (Å²) in [5.41, 5.74) is 1.68. The Morgan fingerprint density at radius 3 is 2.52 bits per heavy atom. The zero-order chi connectivity index (χ0) is 17.0. The van der Waals surface area contributed by atoms with Crippen LogP contribution in [0.4, 0.5) is 0 Å². The van der Waals surface area contributed by atoms with Crippen molar-refractivity contribution in [1.82, 2.24) is 9.62 Å². The topological polar surface area (TPSA) is 66.5 Å². The quantitative estimate of drug-likeness (QED) is 0.896. The zero-order valence-electron chi connectivity index (χ0n) is 14.1. The second-order valence-corrected chi connectivity index (χ2v) is 7.98. The number of nitrogens with zero attached hydrogens (tertiary/aromatic N) is 1. The number of rotatable bonds is 5. The van der Waals surface area contributed by atoms with Gasteiger partial charge in [-0.1, -0.05) is 19.1 Å². The number of carbonyl (C=O) groups excluding carboxylic acids is 1. The standard InChI is InChI=1S/C17H26N2O3S/c1-4-5-17(20)19-10-8-15(9-11-19)18-23(21,22)16-12-13(2)6-7-14(16)3/h6-7,12,15,18H,4-5,8-11H2,1-3H3. The number of aryl methyl sites for hydroxylation is 2. The van der Waals surface area contributed by atoms with Crippen molar-refractivity contribution >= 4 is 15.9 Å². The van der Waals surface area contributed by atoms with Crippen LogP contribution in [0.1, 0.15) is 43.7 Å². The molecule has 1 amide bonds. The molecule has 0 spiro atoms. The van der Waals surface area contributed by atoms with Crippen molar-refractivity contribution in [2.45, 2.75) is 57.4 Å². The molecule has 6 heteroatoms. The van der Waals surface area contributed by atoms with Crippen molar-refractivity contribution in [2.24, 2.45) is 0 Å². The predicted molar refractivity (Wildman–Crippen MR) is 90.7 cm³/mol. The van der Waals surface area contributed by atoms with Crippen molar-refractivity contribution in [1.29, 1.82) is 0 Å². The number of amides is 1. The molecule has 1 N–H and O–H groups in total. The van der Waals surface area contributed by atoms with Gasteiger partial charge in [-0.25, -0.2) is 13.1 Å². The third-order valence-electron chi connectivity index (χ3n) is 4.27. The van der Waals surface area contributed by atoms with Gasteiger partial charge in [0, 0.05) is 25.6 Å². The van der Waals surface area contributed by atoms with Gasteiger partial charge < -0.3 is 4.90 Å².